The van der Waals surface area contributed by atoms with Crippen molar-refractivity contribution in [2.75, 3.05) is 0 Å². The number of hydrogen-bond acceptors (Lipinski definition) is 5. The van der Waals surface area contributed by atoms with Crippen LogP contribution >= 0.6 is 0 Å². The highest BCUT2D eigenvalue weighted by Crippen LogP contribution is 2.20. The monoisotopic (exact) mass is 339 g/mol. The predicted molar refractivity (Wildman–Crippen MR) is 94.4 cm³/mol. The number of fused-ring (bicyclic) bond motifs is 1. The summed E-state index contributed by atoms with van der Waals surface area (Å²) >= 11 is 0. The molecule has 0 saturated heterocycles. The molecule has 2 heterocycles. The summed E-state index contributed by atoms with van der Waals surface area (Å²) in [5.74, 6) is 0.987. The van der Waals surface area contributed by atoms with Gasteiger partial charge in [0.2, 0.25) is 0 Å². The van der Waals surface area contributed by atoms with Crippen molar-refractivity contribution < 1.29 is 14.1 Å². The molecule has 0 saturated carbocycles. The summed E-state index contributed by atoms with van der Waals surface area (Å²) < 4.78 is 10.9. The van der Waals surface area contributed by atoms with E-state index in [1.54, 1.807) is 12.3 Å². The van der Waals surface area contributed by atoms with Crippen LogP contribution in [0.4, 0.5) is 0 Å². The van der Waals surface area contributed by atoms with Crippen LogP contribution in [-0.4, -0.2) is 22.1 Å². The molecule has 0 fully saturated rings. The fourth-order valence-corrected chi connectivity index (χ4v) is 2.54. The number of hydrogen-bond donors (Lipinski definition) is 1. The van der Waals surface area contributed by atoms with E-state index in [1.165, 1.54) is 0 Å². The highest BCUT2D eigenvalue weighted by molar-refractivity contribution is 5.92. The van der Waals surface area contributed by atoms with Gasteiger partial charge in [-0.1, -0.05) is 25.1 Å². The van der Waals surface area contributed by atoms with Gasteiger partial charge in [-0.15, -0.1) is 0 Å². The largest absolute Gasteiger partial charge is 0.486 e. The second-order valence-electron chi connectivity index (χ2n) is 5.81. The first-order valence-electron chi connectivity index (χ1n) is 8.43. The highest BCUT2D eigenvalue weighted by atomic mass is 16.5. The van der Waals surface area contributed by atoms with Gasteiger partial charge < -0.3 is 14.6 Å². The first-order valence-corrected chi connectivity index (χ1v) is 8.43. The lowest BCUT2D eigenvalue weighted by molar-refractivity contribution is 0.0925. The second kappa shape index (κ2) is 7.79. The van der Waals surface area contributed by atoms with Gasteiger partial charge in [-0.2, -0.15) is 0 Å². The molecular weight excluding hydrogens is 318 g/mol. The van der Waals surface area contributed by atoms with Crippen LogP contribution in [0.1, 0.15) is 42.9 Å². The van der Waals surface area contributed by atoms with Crippen molar-refractivity contribution in [1.82, 2.24) is 15.5 Å². The van der Waals surface area contributed by atoms with Crippen LogP contribution in [0, 0.1) is 0 Å². The molecule has 2 aromatic heterocycles. The third-order valence-corrected chi connectivity index (χ3v) is 4.07. The van der Waals surface area contributed by atoms with Gasteiger partial charge in [0.1, 0.15) is 12.4 Å². The Morgan fingerprint density at radius 1 is 1.24 bits per heavy atom. The fourth-order valence-electron chi connectivity index (χ4n) is 2.54. The fraction of sp³-hybridized carbons (Fsp3) is 0.316. The molecule has 0 aliphatic heterocycles. The summed E-state index contributed by atoms with van der Waals surface area (Å²) in [5.41, 5.74) is 1.18. The Kier molecular flexibility index (Phi) is 5.28. The Morgan fingerprint density at radius 3 is 2.88 bits per heavy atom. The van der Waals surface area contributed by atoms with Gasteiger partial charge in [0.15, 0.2) is 11.5 Å². The molecule has 1 N–H and O–H groups in total. The van der Waals surface area contributed by atoms with Gasteiger partial charge in [0, 0.05) is 23.7 Å². The molecule has 0 atom stereocenters. The van der Waals surface area contributed by atoms with Gasteiger partial charge in [-0.25, -0.2) is 0 Å². The first-order chi connectivity index (χ1) is 12.2. The van der Waals surface area contributed by atoms with E-state index in [2.05, 4.69) is 15.5 Å². The lowest BCUT2D eigenvalue weighted by Crippen LogP contribution is -2.33. The molecule has 0 spiro atoms. The maximum absolute atomic E-state index is 12.1. The Morgan fingerprint density at radius 2 is 2.08 bits per heavy atom. The minimum Gasteiger partial charge on any atom is -0.486 e. The molecule has 1 amide bonds. The molecule has 3 aromatic rings. The Bertz CT molecular complexity index is 856. The molecule has 0 unspecified atom stereocenters. The molecular formula is C19H21N3O3. The summed E-state index contributed by atoms with van der Waals surface area (Å²) in [7, 11) is 0. The summed E-state index contributed by atoms with van der Waals surface area (Å²) in [4.78, 5) is 16.4. The van der Waals surface area contributed by atoms with Crippen LogP contribution in [0.25, 0.3) is 10.9 Å². The van der Waals surface area contributed by atoms with E-state index in [0.717, 1.165) is 23.7 Å². The lowest BCUT2D eigenvalue weighted by Gasteiger charge is -2.12. The van der Waals surface area contributed by atoms with Crippen LogP contribution < -0.4 is 10.1 Å². The zero-order valence-corrected chi connectivity index (χ0v) is 14.4. The molecule has 0 aliphatic rings. The summed E-state index contributed by atoms with van der Waals surface area (Å²) in [6.07, 6.45) is 3.52. The van der Waals surface area contributed by atoms with Crippen LogP contribution in [0.3, 0.4) is 0 Å². The molecule has 1 aromatic carbocycles. The summed E-state index contributed by atoms with van der Waals surface area (Å²) in [6.45, 7) is 4.28. The van der Waals surface area contributed by atoms with E-state index < -0.39 is 0 Å². The summed E-state index contributed by atoms with van der Waals surface area (Å²) in [5, 5.41) is 7.76. The van der Waals surface area contributed by atoms with Crippen LogP contribution in [-0.2, 0) is 6.61 Å². The first kappa shape index (κ1) is 17.0. The lowest BCUT2D eigenvalue weighted by atomic mass is 10.1. The number of carbonyl (C=O) groups excluding carboxylic acids is 1. The van der Waals surface area contributed by atoms with E-state index in [0.29, 0.717) is 11.5 Å². The van der Waals surface area contributed by atoms with Crippen molar-refractivity contribution in [2.45, 2.75) is 39.3 Å². The minimum absolute atomic E-state index is 0.148. The van der Waals surface area contributed by atoms with E-state index in [4.69, 9.17) is 9.26 Å². The quantitative estimate of drug-likeness (QED) is 0.710. The molecule has 0 radical (unpaired) electrons. The van der Waals surface area contributed by atoms with Crippen LogP contribution in [0.2, 0.25) is 0 Å². The van der Waals surface area contributed by atoms with Gasteiger partial charge in [0.05, 0.1) is 5.52 Å². The van der Waals surface area contributed by atoms with E-state index >= 15 is 0 Å². The van der Waals surface area contributed by atoms with Crippen LogP contribution in [0.5, 0.6) is 5.75 Å². The zero-order chi connectivity index (χ0) is 17.6. The highest BCUT2D eigenvalue weighted by Gasteiger charge is 2.15. The van der Waals surface area contributed by atoms with Gasteiger partial charge in [-0.05, 0) is 37.1 Å². The third kappa shape index (κ3) is 4.15. The molecule has 3 rings (SSSR count). The number of nitrogens with zero attached hydrogens (tertiary/aromatic N) is 2. The number of rotatable bonds is 7. The number of ether oxygens (including phenoxy) is 1. The van der Waals surface area contributed by atoms with E-state index in [-0.39, 0.29) is 24.2 Å². The minimum atomic E-state index is -0.222. The third-order valence-electron chi connectivity index (χ3n) is 4.07. The number of benzene rings is 1. The maximum Gasteiger partial charge on any atom is 0.273 e. The van der Waals surface area contributed by atoms with E-state index in [9.17, 15) is 4.79 Å². The average Bonchev–Trinajstić information content (AvgIpc) is 3.13. The van der Waals surface area contributed by atoms with Gasteiger partial charge in [-0.3, -0.25) is 9.78 Å². The molecule has 130 valence electrons. The maximum atomic E-state index is 12.1. The van der Waals surface area contributed by atoms with Crippen molar-refractivity contribution in [1.29, 1.82) is 0 Å². The number of aromatic nitrogens is 2. The normalized spacial score (nSPS) is 11.0. The van der Waals surface area contributed by atoms with Crippen LogP contribution in [0.15, 0.2) is 47.1 Å². The molecule has 6 heteroatoms. The average molecular weight is 339 g/mol. The topological polar surface area (TPSA) is 77.2 Å². The Balaban J connectivity index is 1.61. The Labute approximate surface area is 146 Å². The number of amides is 1. The van der Waals surface area contributed by atoms with Crippen molar-refractivity contribution in [3.8, 4) is 5.75 Å². The molecule has 0 bridgehead atoms. The number of pyridine rings is 1. The number of carbonyl (C=O) groups is 1. The molecule has 0 aliphatic carbocycles. The summed E-state index contributed by atoms with van der Waals surface area (Å²) in [6, 6.07) is 11.3. The van der Waals surface area contributed by atoms with Crippen molar-refractivity contribution >= 4 is 16.8 Å². The van der Waals surface area contributed by atoms with Gasteiger partial charge in [0.25, 0.3) is 5.91 Å². The smallest absolute Gasteiger partial charge is 0.273 e. The van der Waals surface area contributed by atoms with Crippen molar-refractivity contribution in [3.63, 3.8) is 0 Å². The van der Waals surface area contributed by atoms with E-state index in [1.807, 2.05) is 44.2 Å². The number of nitrogens with one attached hydrogen (secondary N) is 1. The molecule has 6 nitrogen and oxygen atoms in total. The van der Waals surface area contributed by atoms with Gasteiger partial charge >= 0.3 is 0 Å². The predicted octanol–water partition coefficient (Wildman–Crippen LogP) is 3.72. The standard InChI is InChI=1S/C19H21N3O3/c1-3-14(4-2)21-19(23)18-11-16(25-22-18)12-24-15-7-8-17-13(10-15)6-5-9-20-17/h5-11,14H,3-4,12H2,1-2H3,(H,21,23). The zero-order valence-electron chi connectivity index (χ0n) is 14.4. The molecule has 25 heavy (non-hydrogen) atoms. The second-order valence-corrected chi connectivity index (χ2v) is 5.81. The van der Waals surface area contributed by atoms with Crippen molar-refractivity contribution in [3.05, 3.63) is 54.0 Å². The Hall–Kier alpha value is -2.89. The van der Waals surface area contributed by atoms with Crippen molar-refractivity contribution in [2.24, 2.45) is 0 Å². The SMILES string of the molecule is CCC(CC)NC(=O)c1cc(COc2ccc3ncccc3c2)on1.